The number of H-pyrrole nitrogens is 1. The second-order valence-electron chi connectivity index (χ2n) is 8.13. The van der Waals surface area contributed by atoms with Gasteiger partial charge in [-0.1, -0.05) is 10.4 Å². The van der Waals surface area contributed by atoms with Crippen molar-refractivity contribution in [1.82, 2.24) is 30.5 Å². The highest BCUT2D eigenvalue weighted by atomic mass is 19.2. The molecule has 1 aliphatic heterocycles. The zero-order chi connectivity index (χ0) is 21.7. The maximum Gasteiger partial charge on any atom is 0.222 e. The van der Waals surface area contributed by atoms with Crippen molar-refractivity contribution in [1.29, 1.82) is 0 Å². The largest absolute Gasteiger partial charge is 0.354 e. The first-order chi connectivity index (χ1) is 15.6. The van der Waals surface area contributed by atoms with Crippen molar-refractivity contribution < 1.29 is 13.3 Å². The van der Waals surface area contributed by atoms with E-state index in [0.29, 0.717) is 36.0 Å². The van der Waals surface area contributed by atoms with E-state index < -0.39 is 11.6 Å². The average Bonchev–Trinajstić information content (AvgIpc) is 3.50. The summed E-state index contributed by atoms with van der Waals surface area (Å²) in [7, 11) is 0. The van der Waals surface area contributed by atoms with E-state index in [1.165, 1.54) is 12.1 Å². The lowest BCUT2D eigenvalue weighted by molar-refractivity contribution is 0.419. The Balaban J connectivity index is 1.08. The molecule has 4 heterocycles. The summed E-state index contributed by atoms with van der Waals surface area (Å²) in [4.78, 5) is 10.8. The fourth-order valence-corrected chi connectivity index (χ4v) is 4.24. The lowest BCUT2D eigenvalue weighted by atomic mass is 9.97. The summed E-state index contributed by atoms with van der Waals surface area (Å²) in [5.41, 5.74) is 3.27. The summed E-state index contributed by atoms with van der Waals surface area (Å²) < 4.78 is 32.4. The summed E-state index contributed by atoms with van der Waals surface area (Å²) in [6.45, 7) is 1.60. The van der Waals surface area contributed by atoms with Gasteiger partial charge in [0.05, 0.1) is 11.3 Å². The van der Waals surface area contributed by atoms with Crippen molar-refractivity contribution in [2.24, 2.45) is 0 Å². The minimum absolute atomic E-state index is 0.0157. The van der Waals surface area contributed by atoms with Gasteiger partial charge in [0.25, 0.3) is 0 Å². The zero-order valence-electron chi connectivity index (χ0n) is 16.8. The van der Waals surface area contributed by atoms with Gasteiger partial charge in [-0.2, -0.15) is 0 Å². The van der Waals surface area contributed by atoms with Crippen molar-refractivity contribution in [2.45, 2.75) is 24.8 Å². The lowest BCUT2D eigenvalue weighted by Crippen LogP contribution is -2.45. The van der Waals surface area contributed by atoms with Crippen LogP contribution in [-0.2, 0) is 12.8 Å². The molecular formula is C21H18F2N8O. The van der Waals surface area contributed by atoms with E-state index in [-0.39, 0.29) is 6.04 Å². The van der Waals surface area contributed by atoms with Crippen LogP contribution in [0.4, 0.5) is 20.5 Å². The van der Waals surface area contributed by atoms with Gasteiger partial charge in [-0.15, -0.1) is 5.10 Å². The fourth-order valence-electron chi connectivity index (χ4n) is 4.24. The Labute approximate surface area is 180 Å². The minimum Gasteiger partial charge on any atom is -0.354 e. The van der Waals surface area contributed by atoms with Gasteiger partial charge in [0, 0.05) is 49.7 Å². The first-order valence-electron chi connectivity index (χ1n) is 10.3. The first kappa shape index (κ1) is 18.8. The number of nitrogens with zero attached hydrogens (tertiary/aromatic N) is 6. The third-order valence-electron chi connectivity index (χ3n) is 6.00. The molecule has 1 aromatic carbocycles. The van der Waals surface area contributed by atoms with Crippen molar-refractivity contribution in [3.63, 3.8) is 0 Å². The van der Waals surface area contributed by atoms with E-state index in [1.54, 1.807) is 12.4 Å². The van der Waals surface area contributed by atoms with Gasteiger partial charge in [-0.05, 0) is 36.1 Å². The molecule has 0 amide bonds. The molecule has 1 aliphatic carbocycles. The molecule has 4 aromatic rings. The molecule has 0 bridgehead atoms. The van der Waals surface area contributed by atoms with E-state index in [4.69, 9.17) is 4.52 Å². The average molecular weight is 436 g/mol. The molecule has 32 heavy (non-hydrogen) atoms. The van der Waals surface area contributed by atoms with E-state index in [9.17, 15) is 8.78 Å². The molecular weight excluding hydrogens is 418 g/mol. The predicted octanol–water partition coefficient (Wildman–Crippen LogP) is 2.71. The second-order valence-corrected chi connectivity index (χ2v) is 8.13. The Morgan fingerprint density at radius 2 is 1.75 bits per heavy atom. The summed E-state index contributed by atoms with van der Waals surface area (Å²) >= 11 is 0. The number of aromatic nitrogens is 6. The Hall–Kier alpha value is -3.89. The standard InChI is InChI=1S/C21H18F2N8O/c22-16-3-11-1-15(2-12(11)4-17(16)23)27-21-24-6-13(7-25-21)19-5-20(29-32-19)31-9-14(10-31)18-8-26-30-28-18/h3-8,14-15H,1-2,9-10H2,(H,24,25,27)(H,26,28,30). The second kappa shape index (κ2) is 7.36. The third kappa shape index (κ3) is 3.35. The number of rotatable bonds is 5. The summed E-state index contributed by atoms with van der Waals surface area (Å²) in [5.74, 6) is 0.482. The number of hydrogen-bond donors (Lipinski definition) is 2. The van der Waals surface area contributed by atoms with Crippen molar-refractivity contribution in [3.8, 4) is 11.3 Å². The SMILES string of the molecule is Fc1cc2c(cc1F)CC(Nc1ncc(-c3cc(N4CC(c5c[nH]nn5)C4)no3)cn1)C2. The number of halogens is 2. The molecule has 9 nitrogen and oxygen atoms in total. The molecule has 6 rings (SSSR count). The number of fused-ring (bicyclic) bond motifs is 1. The van der Waals surface area contributed by atoms with Crippen LogP contribution in [0.25, 0.3) is 11.3 Å². The molecule has 2 N–H and O–H groups in total. The molecule has 0 unspecified atom stereocenters. The highest BCUT2D eigenvalue weighted by Crippen LogP contribution is 2.32. The maximum atomic E-state index is 13.5. The minimum atomic E-state index is -0.816. The third-order valence-corrected chi connectivity index (χ3v) is 6.00. The molecule has 0 radical (unpaired) electrons. The Morgan fingerprint density at radius 1 is 1.03 bits per heavy atom. The van der Waals surface area contributed by atoms with Crippen LogP contribution in [-0.4, -0.2) is 49.7 Å². The number of nitrogens with one attached hydrogen (secondary N) is 2. The molecule has 0 atom stereocenters. The van der Waals surface area contributed by atoms with Crippen LogP contribution in [0.3, 0.4) is 0 Å². The number of hydrogen-bond acceptors (Lipinski definition) is 8. The van der Waals surface area contributed by atoms with E-state index in [0.717, 1.165) is 35.7 Å². The molecule has 3 aromatic heterocycles. The van der Waals surface area contributed by atoms with Gasteiger partial charge in [-0.3, -0.25) is 5.10 Å². The van der Waals surface area contributed by atoms with Crippen LogP contribution in [0.1, 0.15) is 22.7 Å². The van der Waals surface area contributed by atoms with E-state index in [1.807, 2.05) is 12.3 Å². The van der Waals surface area contributed by atoms with Crippen LogP contribution in [0.2, 0.25) is 0 Å². The van der Waals surface area contributed by atoms with Crippen LogP contribution in [0, 0.1) is 11.6 Å². The molecule has 162 valence electrons. The van der Waals surface area contributed by atoms with Crippen molar-refractivity contribution >= 4 is 11.8 Å². The summed E-state index contributed by atoms with van der Waals surface area (Å²) in [6, 6.07) is 4.38. The fraction of sp³-hybridized carbons (Fsp3) is 0.286. The van der Waals surface area contributed by atoms with Crippen LogP contribution >= 0.6 is 0 Å². The van der Waals surface area contributed by atoms with Gasteiger partial charge in [0.2, 0.25) is 5.95 Å². The van der Waals surface area contributed by atoms with E-state index >= 15 is 0 Å². The van der Waals surface area contributed by atoms with Crippen LogP contribution in [0.15, 0.2) is 41.3 Å². The molecule has 11 heteroatoms. The normalized spacial score (nSPS) is 16.2. The molecule has 1 saturated heterocycles. The molecule has 2 aliphatic rings. The van der Waals surface area contributed by atoms with Gasteiger partial charge in [0.15, 0.2) is 23.2 Å². The van der Waals surface area contributed by atoms with Gasteiger partial charge < -0.3 is 14.7 Å². The van der Waals surface area contributed by atoms with Crippen molar-refractivity contribution in [3.05, 3.63) is 65.2 Å². The van der Waals surface area contributed by atoms with Crippen molar-refractivity contribution in [2.75, 3.05) is 23.3 Å². The highest BCUT2D eigenvalue weighted by molar-refractivity contribution is 5.61. The summed E-state index contributed by atoms with van der Waals surface area (Å²) in [6.07, 6.45) is 6.32. The molecule has 1 fully saturated rings. The maximum absolute atomic E-state index is 13.5. The first-order valence-corrected chi connectivity index (χ1v) is 10.3. The summed E-state index contributed by atoms with van der Waals surface area (Å²) in [5, 5.41) is 17.9. The topological polar surface area (TPSA) is 109 Å². The zero-order valence-corrected chi connectivity index (χ0v) is 16.8. The Bertz CT molecular complexity index is 1220. The predicted molar refractivity (Wildman–Crippen MR) is 110 cm³/mol. The van der Waals surface area contributed by atoms with E-state index in [2.05, 4.69) is 40.8 Å². The van der Waals surface area contributed by atoms with Gasteiger partial charge in [-0.25, -0.2) is 18.7 Å². The Kier molecular flexibility index (Phi) is 4.33. The smallest absolute Gasteiger partial charge is 0.222 e. The lowest BCUT2D eigenvalue weighted by Gasteiger charge is -2.37. The molecule has 0 saturated carbocycles. The van der Waals surface area contributed by atoms with Crippen LogP contribution in [0.5, 0.6) is 0 Å². The molecule has 0 spiro atoms. The number of anilines is 2. The monoisotopic (exact) mass is 436 g/mol. The van der Waals surface area contributed by atoms with Gasteiger partial charge in [0.1, 0.15) is 0 Å². The Morgan fingerprint density at radius 3 is 2.41 bits per heavy atom. The quantitative estimate of drug-likeness (QED) is 0.492. The van der Waals surface area contributed by atoms with Gasteiger partial charge >= 0.3 is 0 Å². The number of benzene rings is 1. The van der Waals surface area contributed by atoms with Crippen LogP contribution < -0.4 is 10.2 Å². The highest BCUT2D eigenvalue weighted by Gasteiger charge is 2.32. The number of aromatic amines is 1.